The number of alkyl halides is 1. The van der Waals surface area contributed by atoms with Crippen LogP contribution < -0.4 is 5.32 Å². The smallest absolute Gasteiger partial charge is 0.311 e. The molecular formula is C8H15ClN2O3. The molecule has 0 rings (SSSR count). The summed E-state index contributed by atoms with van der Waals surface area (Å²) in [6.07, 6.45) is 0.629. The van der Waals surface area contributed by atoms with Crippen LogP contribution in [0.25, 0.3) is 0 Å². The molecule has 82 valence electrons. The molecule has 0 aromatic carbocycles. The normalized spacial score (nSPS) is 9.64. The number of carbonyl (C=O) groups is 2. The summed E-state index contributed by atoms with van der Waals surface area (Å²) < 4.78 is 0. The van der Waals surface area contributed by atoms with Crippen LogP contribution in [0.3, 0.4) is 0 Å². The molecule has 0 aromatic rings. The van der Waals surface area contributed by atoms with E-state index in [4.69, 9.17) is 16.7 Å². The topological polar surface area (TPSA) is 69.6 Å². The van der Waals surface area contributed by atoms with Gasteiger partial charge in [0.25, 0.3) is 0 Å². The first-order valence-corrected chi connectivity index (χ1v) is 4.87. The number of nitrogens with zero attached hydrogens (tertiary/aromatic N) is 1. The summed E-state index contributed by atoms with van der Waals surface area (Å²) in [4.78, 5) is 23.5. The third-order valence-corrected chi connectivity index (χ3v) is 1.84. The van der Waals surface area contributed by atoms with Crippen molar-refractivity contribution in [3.8, 4) is 0 Å². The summed E-state index contributed by atoms with van der Waals surface area (Å²) >= 11 is 5.40. The van der Waals surface area contributed by atoms with Crippen LogP contribution in [-0.4, -0.2) is 54.4 Å². The molecule has 0 aliphatic heterocycles. The Balaban J connectivity index is 3.81. The van der Waals surface area contributed by atoms with E-state index in [1.54, 1.807) is 0 Å². The third-order valence-electron chi connectivity index (χ3n) is 1.57. The van der Waals surface area contributed by atoms with Crippen LogP contribution in [-0.2, 0) is 9.59 Å². The fraction of sp³-hybridized carbons (Fsp3) is 0.750. The summed E-state index contributed by atoms with van der Waals surface area (Å²) in [7, 11) is 1.46. The van der Waals surface area contributed by atoms with Crippen molar-refractivity contribution < 1.29 is 14.7 Å². The summed E-state index contributed by atoms with van der Waals surface area (Å²) in [6.45, 7) is 0.389. The standard InChI is InChI=1S/C8H15ClN2O3/c1-11(5-6-12)8(14)7(13)10-4-2-3-9/h12H,2-6H2,1H3,(H,10,13). The number of carbonyl (C=O) groups excluding carboxylic acids is 2. The van der Waals surface area contributed by atoms with Crippen molar-refractivity contribution in [2.24, 2.45) is 0 Å². The van der Waals surface area contributed by atoms with Crippen LogP contribution in [0.15, 0.2) is 0 Å². The van der Waals surface area contributed by atoms with Crippen LogP contribution >= 0.6 is 11.6 Å². The van der Waals surface area contributed by atoms with Crippen LogP contribution in [0.2, 0.25) is 0 Å². The Hall–Kier alpha value is -0.810. The van der Waals surface area contributed by atoms with Crippen molar-refractivity contribution >= 4 is 23.4 Å². The number of nitrogens with one attached hydrogen (secondary N) is 1. The lowest BCUT2D eigenvalue weighted by Crippen LogP contribution is -2.42. The predicted molar refractivity (Wildman–Crippen MR) is 53.1 cm³/mol. The molecule has 0 atom stereocenters. The molecule has 6 heteroatoms. The molecule has 0 unspecified atom stereocenters. The number of aliphatic hydroxyl groups is 1. The van der Waals surface area contributed by atoms with E-state index >= 15 is 0 Å². The SMILES string of the molecule is CN(CCO)C(=O)C(=O)NCCCCl. The lowest BCUT2D eigenvalue weighted by molar-refractivity contribution is -0.145. The number of rotatable bonds is 5. The highest BCUT2D eigenvalue weighted by molar-refractivity contribution is 6.34. The Labute approximate surface area is 88.0 Å². The second-order valence-electron chi connectivity index (χ2n) is 2.75. The number of likely N-dealkylation sites (N-methyl/N-ethyl adjacent to an activating group) is 1. The molecule has 0 aliphatic rings. The molecule has 0 spiro atoms. The Bertz CT molecular complexity index is 199. The highest BCUT2D eigenvalue weighted by atomic mass is 35.5. The van der Waals surface area contributed by atoms with Crippen molar-refractivity contribution in [1.29, 1.82) is 0 Å². The molecule has 0 aliphatic carbocycles. The van der Waals surface area contributed by atoms with Crippen LogP contribution in [0, 0.1) is 0 Å². The van der Waals surface area contributed by atoms with E-state index in [0.717, 1.165) is 4.90 Å². The van der Waals surface area contributed by atoms with Gasteiger partial charge in [-0.2, -0.15) is 0 Å². The Morgan fingerprint density at radius 3 is 2.64 bits per heavy atom. The molecule has 14 heavy (non-hydrogen) atoms. The average molecular weight is 223 g/mol. The van der Waals surface area contributed by atoms with Gasteiger partial charge in [0.1, 0.15) is 0 Å². The molecule has 5 nitrogen and oxygen atoms in total. The molecule has 2 amide bonds. The van der Waals surface area contributed by atoms with Gasteiger partial charge in [-0.3, -0.25) is 9.59 Å². The van der Waals surface area contributed by atoms with Gasteiger partial charge < -0.3 is 15.3 Å². The Morgan fingerprint density at radius 1 is 1.50 bits per heavy atom. The quantitative estimate of drug-likeness (QED) is 0.363. The molecule has 0 saturated heterocycles. The van der Waals surface area contributed by atoms with Gasteiger partial charge in [0.2, 0.25) is 0 Å². The zero-order chi connectivity index (χ0) is 11.0. The van der Waals surface area contributed by atoms with Gasteiger partial charge in [0.15, 0.2) is 0 Å². The fourth-order valence-electron chi connectivity index (χ4n) is 0.769. The summed E-state index contributed by atoms with van der Waals surface area (Å²) in [5.74, 6) is -0.860. The predicted octanol–water partition coefficient (Wildman–Crippen LogP) is -0.818. The largest absolute Gasteiger partial charge is 0.395 e. The molecule has 2 N–H and O–H groups in total. The number of halogens is 1. The van der Waals surface area contributed by atoms with Gasteiger partial charge in [-0.25, -0.2) is 0 Å². The van der Waals surface area contributed by atoms with E-state index < -0.39 is 11.8 Å². The first-order valence-electron chi connectivity index (χ1n) is 4.33. The molecule has 0 heterocycles. The lowest BCUT2D eigenvalue weighted by atomic mass is 10.4. The first-order chi connectivity index (χ1) is 6.63. The zero-order valence-electron chi connectivity index (χ0n) is 8.12. The monoisotopic (exact) mass is 222 g/mol. The van der Waals surface area contributed by atoms with Crippen LogP contribution in [0.4, 0.5) is 0 Å². The van der Waals surface area contributed by atoms with Gasteiger partial charge in [-0.05, 0) is 6.42 Å². The van der Waals surface area contributed by atoms with Gasteiger partial charge in [-0.1, -0.05) is 0 Å². The maximum Gasteiger partial charge on any atom is 0.311 e. The lowest BCUT2D eigenvalue weighted by Gasteiger charge is -2.14. The summed E-state index contributed by atoms with van der Waals surface area (Å²) in [6, 6.07) is 0. The highest BCUT2D eigenvalue weighted by Gasteiger charge is 2.16. The van der Waals surface area contributed by atoms with Crippen molar-refractivity contribution in [2.75, 3.05) is 32.6 Å². The van der Waals surface area contributed by atoms with E-state index in [0.29, 0.717) is 18.8 Å². The average Bonchev–Trinajstić information content (AvgIpc) is 2.17. The highest BCUT2D eigenvalue weighted by Crippen LogP contribution is 1.86. The Kier molecular flexibility index (Phi) is 7.14. The molecule has 0 radical (unpaired) electrons. The second-order valence-corrected chi connectivity index (χ2v) is 3.13. The van der Waals surface area contributed by atoms with Crippen molar-refractivity contribution in [3.05, 3.63) is 0 Å². The van der Waals surface area contributed by atoms with Crippen molar-refractivity contribution in [2.45, 2.75) is 6.42 Å². The number of hydrogen-bond donors (Lipinski definition) is 2. The molecule has 0 bridgehead atoms. The summed E-state index contributed by atoms with van der Waals surface area (Å²) in [5.41, 5.74) is 0. The van der Waals surface area contributed by atoms with E-state index in [1.807, 2.05) is 0 Å². The van der Waals surface area contributed by atoms with Gasteiger partial charge >= 0.3 is 11.8 Å². The van der Waals surface area contributed by atoms with E-state index in [9.17, 15) is 9.59 Å². The van der Waals surface area contributed by atoms with Crippen LogP contribution in [0.1, 0.15) is 6.42 Å². The zero-order valence-corrected chi connectivity index (χ0v) is 8.88. The third kappa shape index (κ3) is 5.04. The number of hydrogen-bond acceptors (Lipinski definition) is 3. The molecule has 0 fully saturated rings. The minimum Gasteiger partial charge on any atom is -0.395 e. The van der Waals surface area contributed by atoms with Gasteiger partial charge in [0, 0.05) is 26.0 Å². The van der Waals surface area contributed by atoms with Crippen LogP contribution in [0.5, 0.6) is 0 Å². The minimum absolute atomic E-state index is 0.155. The maximum absolute atomic E-state index is 11.2. The van der Waals surface area contributed by atoms with E-state index in [1.165, 1.54) is 7.05 Å². The van der Waals surface area contributed by atoms with Crippen molar-refractivity contribution in [1.82, 2.24) is 10.2 Å². The fourth-order valence-corrected chi connectivity index (χ4v) is 0.903. The molecule has 0 saturated carbocycles. The molecular weight excluding hydrogens is 208 g/mol. The Morgan fingerprint density at radius 2 is 2.14 bits per heavy atom. The minimum atomic E-state index is -0.661. The van der Waals surface area contributed by atoms with E-state index in [2.05, 4.69) is 5.32 Å². The van der Waals surface area contributed by atoms with Gasteiger partial charge in [-0.15, -0.1) is 11.6 Å². The maximum atomic E-state index is 11.2. The van der Waals surface area contributed by atoms with E-state index in [-0.39, 0.29) is 13.2 Å². The van der Waals surface area contributed by atoms with Crippen molar-refractivity contribution in [3.63, 3.8) is 0 Å². The first kappa shape index (κ1) is 13.2. The number of aliphatic hydroxyl groups excluding tert-OH is 1. The van der Waals surface area contributed by atoms with Gasteiger partial charge in [0.05, 0.1) is 6.61 Å². The second kappa shape index (κ2) is 7.58. The number of amides is 2. The molecule has 0 aromatic heterocycles. The summed E-state index contributed by atoms with van der Waals surface area (Å²) in [5, 5.41) is 11.0.